The summed E-state index contributed by atoms with van der Waals surface area (Å²) in [5, 5.41) is 12.3. The van der Waals surface area contributed by atoms with Crippen LogP contribution in [0, 0.1) is 5.92 Å². The first-order valence-electron chi connectivity index (χ1n) is 5.86. The maximum absolute atomic E-state index is 11.8. The van der Waals surface area contributed by atoms with Crippen LogP contribution < -0.4 is 5.32 Å². The monoisotopic (exact) mass is 301 g/mol. The highest BCUT2D eigenvalue weighted by Gasteiger charge is 2.20. The van der Waals surface area contributed by atoms with Crippen LogP contribution in [-0.2, 0) is 0 Å². The number of carbonyl (C=O) groups excluding carboxylic acids is 1. The maximum Gasteiger partial charge on any atom is 0.255 e. The molecule has 2 N–H and O–H groups in total. The molecule has 0 unspecified atom stereocenters. The van der Waals surface area contributed by atoms with Crippen molar-refractivity contribution in [1.82, 2.24) is 5.32 Å². The van der Waals surface area contributed by atoms with Gasteiger partial charge in [0.25, 0.3) is 5.91 Å². The summed E-state index contributed by atoms with van der Waals surface area (Å²) in [5.41, 5.74) is 0.529. The van der Waals surface area contributed by atoms with Gasteiger partial charge in [0.15, 0.2) is 4.67 Å². The van der Waals surface area contributed by atoms with Crippen LogP contribution in [-0.4, -0.2) is 23.7 Å². The lowest BCUT2D eigenvalue weighted by molar-refractivity contribution is 0.0909. The molecule has 5 heteroatoms. The number of halogens is 1. The number of aliphatic hydroxyl groups excluding tert-OH is 1. The zero-order chi connectivity index (χ0) is 12.3. The molecule has 1 fully saturated rings. The molecule has 0 aliphatic heterocycles. The Kier molecular flexibility index (Phi) is 4.23. The molecule has 0 aromatic carbocycles. The van der Waals surface area contributed by atoms with Crippen molar-refractivity contribution in [1.29, 1.82) is 0 Å². The molecule has 0 spiro atoms. The Hall–Kier alpha value is -0.810. The maximum atomic E-state index is 11.8. The van der Waals surface area contributed by atoms with Crippen molar-refractivity contribution in [3.8, 4) is 0 Å². The molecule has 94 valence electrons. The second-order valence-electron chi connectivity index (χ2n) is 4.49. The molecule has 17 heavy (non-hydrogen) atoms. The Labute approximate surface area is 109 Å². The summed E-state index contributed by atoms with van der Waals surface area (Å²) in [6.45, 7) is 0.670. The van der Waals surface area contributed by atoms with Crippen LogP contribution in [0.25, 0.3) is 0 Å². The van der Waals surface area contributed by atoms with Crippen molar-refractivity contribution < 1.29 is 14.3 Å². The quantitative estimate of drug-likeness (QED) is 0.900. The predicted octanol–water partition coefficient (Wildman–Crippen LogP) is 2.32. The predicted molar refractivity (Wildman–Crippen MR) is 66.7 cm³/mol. The number of rotatable bonds is 3. The molecule has 1 saturated carbocycles. The lowest BCUT2D eigenvalue weighted by Crippen LogP contribution is -2.32. The van der Waals surface area contributed by atoms with E-state index in [2.05, 4.69) is 21.2 Å². The fourth-order valence-corrected chi connectivity index (χ4v) is 2.56. The minimum absolute atomic E-state index is 0.114. The molecule has 2 rings (SSSR count). The van der Waals surface area contributed by atoms with Gasteiger partial charge in [-0.1, -0.05) is 0 Å². The Balaban J connectivity index is 1.79. The van der Waals surface area contributed by atoms with Gasteiger partial charge in [-0.3, -0.25) is 4.79 Å². The van der Waals surface area contributed by atoms with Crippen LogP contribution in [0.1, 0.15) is 36.0 Å². The van der Waals surface area contributed by atoms with Gasteiger partial charge >= 0.3 is 0 Å². The minimum atomic E-state index is -0.148. The van der Waals surface area contributed by atoms with E-state index < -0.39 is 0 Å². The summed E-state index contributed by atoms with van der Waals surface area (Å²) in [7, 11) is 0. The number of hydrogen-bond acceptors (Lipinski definition) is 3. The molecule has 1 aliphatic rings. The van der Waals surface area contributed by atoms with E-state index in [4.69, 9.17) is 4.42 Å². The Morgan fingerprint density at radius 1 is 1.47 bits per heavy atom. The number of furan rings is 1. The van der Waals surface area contributed by atoms with E-state index in [1.165, 1.54) is 6.26 Å². The fraction of sp³-hybridized carbons (Fsp3) is 0.583. The van der Waals surface area contributed by atoms with E-state index in [9.17, 15) is 9.90 Å². The van der Waals surface area contributed by atoms with Gasteiger partial charge in [-0.2, -0.15) is 0 Å². The van der Waals surface area contributed by atoms with Crippen molar-refractivity contribution in [2.75, 3.05) is 6.54 Å². The third-order valence-electron chi connectivity index (χ3n) is 3.23. The topological polar surface area (TPSA) is 62.5 Å². The van der Waals surface area contributed by atoms with Gasteiger partial charge < -0.3 is 14.8 Å². The minimum Gasteiger partial charge on any atom is -0.457 e. The second kappa shape index (κ2) is 5.69. The second-order valence-corrected chi connectivity index (χ2v) is 5.21. The molecule has 1 aromatic rings. The Bertz CT molecular complexity index is 383. The lowest BCUT2D eigenvalue weighted by Gasteiger charge is -2.25. The third kappa shape index (κ3) is 3.33. The summed E-state index contributed by atoms with van der Waals surface area (Å²) in [6, 6.07) is 1.64. The average molecular weight is 302 g/mol. The van der Waals surface area contributed by atoms with Gasteiger partial charge in [0.1, 0.15) is 0 Å². The molecule has 0 saturated heterocycles. The SMILES string of the molecule is O=C(NCC1CCC(O)CC1)c1ccoc1Br. The van der Waals surface area contributed by atoms with Crippen LogP contribution in [0.4, 0.5) is 0 Å². The number of carbonyl (C=O) groups is 1. The smallest absolute Gasteiger partial charge is 0.255 e. The van der Waals surface area contributed by atoms with Crippen molar-refractivity contribution >= 4 is 21.8 Å². The average Bonchev–Trinajstić information content (AvgIpc) is 2.74. The molecule has 0 bridgehead atoms. The van der Waals surface area contributed by atoms with E-state index in [1.807, 2.05) is 0 Å². The van der Waals surface area contributed by atoms with Crippen LogP contribution in [0.3, 0.4) is 0 Å². The third-order valence-corrected chi connectivity index (χ3v) is 3.84. The van der Waals surface area contributed by atoms with Gasteiger partial charge in [-0.25, -0.2) is 0 Å². The normalized spacial score (nSPS) is 24.6. The number of aliphatic hydroxyl groups is 1. The lowest BCUT2D eigenvalue weighted by atomic mass is 9.87. The van der Waals surface area contributed by atoms with Crippen molar-refractivity contribution in [3.63, 3.8) is 0 Å². The molecule has 0 atom stereocenters. The summed E-state index contributed by atoms with van der Waals surface area (Å²) >= 11 is 3.18. The van der Waals surface area contributed by atoms with E-state index >= 15 is 0 Å². The van der Waals surface area contributed by atoms with Gasteiger partial charge in [0, 0.05) is 6.54 Å². The first-order chi connectivity index (χ1) is 8.16. The number of hydrogen-bond donors (Lipinski definition) is 2. The number of amides is 1. The first-order valence-corrected chi connectivity index (χ1v) is 6.65. The van der Waals surface area contributed by atoms with Crippen molar-refractivity contribution in [2.24, 2.45) is 5.92 Å². The molecule has 1 aliphatic carbocycles. The van der Waals surface area contributed by atoms with E-state index in [0.29, 0.717) is 22.7 Å². The van der Waals surface area contributed by atoms with E-state index in [1.54, 1.807) is 6.07 Å². The van der Waals surface area contributed by atoms with Crippen molar-refractivity contribution in [2.45, 2.75) is 31.8 Å². The standard InChI is InChI=1S/C12H16BrNO3/c13-11-10(5-6-17-11)12(16)14-7-8-1-3-9(15)4-2-8/h5-6,8-9,15H,1-4,7H2,(H,14,16). The van der Waals surface area contributed by atoms with Gasteiger partial charge in [0.2, 0.25) is 0 Å². The zero-order valence-electron chi connectivity index (χ0n) is 9.49. The summed E-state index contributed by atoms with van der Waals surface area (Å²) in [4.78, 5) is 11.8. The highest BCUT2D eigenvalue weighted by molar-refractivity contribution is 9.10. The van der Waals surface area contributed by atoms with Gasteiger partial charge in [-0.05, 0) is 53.6 Å². The molecule has 0 radical (unpaired) electrons. The Morgan fingerprint density at radius 2 is 2.18 bits per heavy atom. The molecule has 1 aromatic heterocycles. The van der Waals surface area contributed by atoms with Crippen LogP contribution >= 0.6 is 15.9 Å². The highest BCUT2D eigenvalue weighted by Crippen LogP contribution is 2.24. The van der Waals surface area contributed by atoms with Crippen LogP contribution in [0.5, 0.6) is 0 Å². The van der Waals surface area contributed by atoms with Crippen molar-refractivity contribution in [3.05, 3.63) is 22.6 Å². The van der Waals surface area contributed by atoms with Crippen LogP contribution in [0.2, 0.25) is 0 Å². The first kappa shape index (κ1) is 12.6. The van der Waals surface area contributed by atoms with E-state index in [-0.39, 0.29) is 12.0 Å². The molecular weight excluding hydrogens is 286 g/mol. The molecule has 4 nitrogen and oxygen atoms in total. The largest absolute Gasteiger partial charge is 0.457 e. The Morgan fingerprint density at radius 3 is 2.76 bits per heavy atom. The molecule has 1 amide bonds. The molecular formula is C12H16BrNO3. The summed E-state index contributed by atoms with van der Waals surface area (Å²) in [6.07, 6.45) is 4.98. The number of nitrogens with one attached hydrogen (secondary N) is 1. The highest BCUT2D eigenvalue weighted by atomic mass is 79.9. The fourth-order valence-electron chi connectivity index (χ4n) is 2.14. The summed E-state index contributed by atoms with van der Waals surface area (Å²) in [5.74, 6) is 0.366. The van der Waals surface area contributed by atoms with E-state index in [0.717, 1.165) is 25.7 Å². The molecule has 1 heterocycles. The zero-order valence-corrected chi connectivity index (χ0v) is 11.1. The van der Waals surface area contributed by atoms with Gasteiger partial charge in [0.05, 0.1) is 17.9 Å². The summed E-state index contributed by atoms with van der Waals surface area (Å²) < 4.78 is 5.48. The van der Waals surface area contributed by atoms with Gasteiger partial charge in [-0.15, -0.1) is 0 Å². The van der Waals surface area contributed by atoms with Crippen LogP contribution in [0.15, 0.2) is 21.4 Å².